The Bertz CT molecular complexity index is 845. The molecule has 3 heterocycles. The first-order chi connectivity index (χ1) is 14.0. The summed E-state index contributed by atoms with van der Waals surface area (Å²) in [6, 6.07) is 6.53. The van der Waals surface area contributed by atoms with Gasteiger partial charge in [0.2, 0.25) is 5.91 Å². The number of amides is 1. The van der Waals surface area contributed by atoms with Crippen molar-refractivity contribution in [2.24, 2.45) is 5.92 Å². The number of carbonyl (C=O) groups is 1. The first-order valence-corrected chi connectivity index (χ1v) is 10.5. The zero-order valence-corrected chi connectivity index (χ0v) is 17.4. The van der Waals surface area contributed by atoms with Crippen LogP contribution >= 0.6 is 0 Å². The molecule has 1 amide bonds. The molecule has 2 aromatic rings. The van der Waals surface area contributed by atoms with Crippen molar-refractivity contribution in [2.75, 3.05) is 19.6 Å². The Labute approximate surface area is 172 Å². The van der Waals surface area contributed by atoms with Crippen LogP contribution in [0.3, 0.4) is 0 Å². The Balaban J connectivity index is 1.23. The molecule has 154 valence electrons. The number of nitrogens with one attached hydrogen (secondary N) is 1. The molecule has 0 spiro atoms. The molecule has 2 aliphatic rings. The van der Waals surface area contributed by atoms with Crippen molar-refractivity contribution in [2.45, 2.75) is 51.7 Å². The number of hydrogen-bond acceptors (Lipinski definition) is 5. The highest BCUT2D eigenvalue weighted by molar-refractivity contribution is 5.77. The highest BCUT2D eigenvalue weighted by Gasteiger charge is 2.32. The Morgan fingerprint density at radius 3 is 2.86 bits per heavy atom. The molecule has 1 aromatic heterocycles. The van der Waals surface area contributed by atoms with Gasteiger partial charge in [-0.3, -0.25) is 19.7 Å². The van der Waals surface area contributed by atoms with Crippen molar-refractivity contribution < 1.29 is 9.53 Å². The number of ether oxygens (including phenoxy) is 1. The maximum atomic E-state index is 12.1. The summed E-state index contributed by atoms with van der Waals surface area (Å²) in [5.74, 6) is 1.65. The van der Waals surface area contributed by atoms with Crippen molar-refractivity contribution in [3.63, 3.8) is 0 Å². The van der Waals surface area contributed by atoms with Gasteiger partial charge in [0.25, 0.3) is 0 Å². The summed E-state index contributed by atoms with van der Waals surface area (Å²) in [6.07, 6.45) is 8.36. The average Bonchev–Trinajstić information content (AvgIpc) is 3.03. The SMILES string of the molecule is CC1(C)Cc2cccc(CN3CCC(CNC(=O)Cc4cnccn4)CC3)c2O1. The number of fused-ring (bicyclic) bond motifs is 1. The molecule has 1 saturated heterocycles. The van der Waals surface area contributed by atoms with Gasteiger partial charge in [0.1, 0.15) is 11.4 Å². The van der Waals surface area contributed by atoms with Crippen LogP contribution in [0.15, 0.2) is 36.8 Å². The van der Waals surface area contributed by atoms with Crippen molar-refractivity contribution in [1.29, 1.82) is 0 Å². The van der Waals surface area contributed by atoms with E-state index in [0.29, 0.717) is 18.0 Å². The number of nitrogens with zero attached hydrogens (tertiary/aromatic N) is 3. The molecule has 1 fully saturated rings. The van der Waals surface area contributed by atoms with Gasteiger partial charge in [-0.05, 0) is 51.3 Å². The lowest BCUT2D eigenvalue weighted by Crippen LogP contribution is -2.38. The molecule has 0 radical (unpaired) electrons. The molecule has 0 atom stereocenters. The van der Waals surface area contributed by atoms with Crippen molar-refractivity contribution in [3.8, 4) is 5.75 Å². The van der Waals surface area contributed by atoms with E-state index in [0.717, 1.165) is 51.2 Å². The van der Waals surface area contributed by atoms with Crippen LogP contribution in [0, 0.1) is 5.92 Å². The summed E-state index contributed by atoms with van der Waals surface area (Å²) in [5.41, 5.74) is 3.23. The fourth-order valence-corrected chi connectivity index (χ4v) is 4.30. The van der Waals surface area contributed by atoms with Gasteiger partial charge in [0.05, 0.1) is 12.1 Å². The van der Waals surface area contributed by atoms with E-state index in [1.807, 2.05) is 0 Å². The molecule has 29 heavy (non-hydrogen) atoms. The highest BCUT2D eigenvalue weighted by atomic mass is 16.5. The van der Waals surface area contributed by atoms with E-state index in [1.165, 1.54) is 11.1 Å². The molecule has 1 N–H and O–H groups in total. The molecule has 0 bridgehead atoms. The number of likely N-dealkylation sites (tertiary alicyclic amines) is 1. The second-order valence-electron chi connectivity index (χ2n) is 8.84. The lowest BCUT2D eigenvalue weighted by molar-refractivity contribution is -0.120. The number of piperidine rings is 1. The largest absolute Gasteiger partial charge is 0.487 e. The monoisotopic (exact) mass is 394 g/mol. The van der Waals surface area contributed by atoms with Gasteiger partial charge in [-0.2, -0.15) is 0 Å². The van der Waals surface area contributed by atoms with E-state index in [1.54, 1.807) is 18.6 Å². The van der Waals surface area contributed by atoms with Gasteiger partial charge in [0.15, 0.2) is 0 Å². The second-order valence-corrected chi connectivity index (χ2v) is 8.84. The highest BCUT2D eigenvalue weighted by Crippen LogP contribution is 2.38. The third kappa shape index (κ3) is 5.12. The average molecular weight is 395 g/mol. The first kappa shape index (κ1) is 19.8. The molecule has 2 aliphatic heterocycles. The minimum atomic E-state index is -0.102. The number of aromatic nitrogens is 2. The molecule has 1 aromatic carbocycles. The van der Waals surface area contributed by atoms with Crippen molar-refractivity contribution in [3.05, 3.63) is 53.6 Å². The number of para-hydroxylation sites is 1. The smallest absolute Gasteiger partial charge is 0.226 e. The maximum Gasteiger partial charge on any atom is 0.226 e. The van der Waals surface area contributed by atoms with Crippen LogP contribution in [-0.4, -0.2) is 46.0 Å². The summed E-state index contributed by atoms with van der Waals surface area (Å²) in [4.78, 5) is 22.8. The predicted octanol–water partition coefficient (Wildman–Crippen LogP) is 2.76. The standard InChI is InChI=1S/C23H30N4O2/c1-23(2)13-18-4-3-5-19(22(18)29-23)16-27-10-6-17(7-11-27)14-26-21(28)12-20-15-24-8-9-25-20/h3-5,8-9,15,17H,6-7,10-14,16H2,1-2H3,(H,26,28). The summed E-state index contributed by atoms with van der Waals surface area (Å²) in [5, 5.41) is 3.06. The van der Waals surface area contributed by atoms with Gasteiger partial charge in [-0.15, -0.1) is 0 Å². The van der Waals surface area contributed by atoms with Crippen LogP contribution in [0.4, 0.5) is 0 Å². The van der Waals surface area contributed by atoms with Crippen molar-refractivity contribution in [1.82, 2.24) is 20.2 Å². The van der Waals surface area contributed by atoms with Crippen LogP contribution in [-0.2, 0) is 24.2 Å². The quantitative estimate of drug-likeness (QED) is 0.816. The zero-order chi connectivity index (χ0) is 20.3. The Morgan fingerprint density at radius 2 is 2.10 bits per heavy atom. The molecule has 0 aliphatic carbocycles. The summed E-state index contributed by atoms with van der Waals surface area (Å²) in [7, 11) is 0. The lowest BCUT2D eigenvalue weighted by atomic mass is 9.96. The van der Waals surface area contributed by atoms with Crippen molar-refractivity contribution >= 4 is 5.91 Å². The summed E-state index contributed by atoms with van der Waals surface area (Å²) in [6.45, 7) is 8.09. The normalized spacial score (nSPS) is 18.8. The molecule has 0 saturated carbocycles. The molecule has 0 unspecified atom stereocenters. The first-order valence-electron chi connectivity index (χ1n) is 10.5. The van der Waals surface area contributed by atoms with Gasteiger partial charge in [-0.1, -0.05) is 18.2 Å². The number of rotatable bonds is 6. The lowest BCUT2D eigenvalue weighted by Gasteiger charge is -2.32. The molecular formula is C23H30N4O2. The minimum absolute atomic E-state index is 0.0209. The topological polar surface area (TPSA) is 67.4 Å². The van der Waals surface area contributed by atoms with Crippen LogP contribution in [0.1, 0.15) is 43.5 Å². The molecule has 4 rings (SSSR count). The zero-order valence-electron chi connectivity index (χ0n) is 17.4. The van der Waals surface area contributed by atoms with Gasteiger partial charge in [-0.25, -0.2) is 0 Å². The Hall–Kier alpha value is -2.47. The van der Waals surface area contributed by atoms with E-state index < -0.39 is 0 Å². The molecular weight excluding hydrogens is 364 g/mol. The van der Waals surface area contributed by atoms with Crippen LogP contribution < -0.4 is 10.1 Å². The van der Waals surface area contributed by atoms with Gasteiger partial charge < -0.3 is 10.1 Å². The third-order valence-corrected chi connectivity index (χ3v) is 5.82. The van der Waals surface area contributed by atoms with E-state index in [2.05, 4.69) is 52.2 Å². The van der Waals surface area contributed by atoms with E-state index in [-0.39, 0.29) is 11.5 Å². The fraction of sp³-hybridized carbons (Fsp3) is 0.522. The molecule has 6 heteroatoms. The number of carbonyl (C=O) groups excluding carboxylic acids is 1. The third-order valence-electron chi connectivity index (χ3n) is 5.82. The van der Waals surface area contributed by atoms with E-state index in [4.69, 9.17) is 4.74 Å². The second kappa shape index (κ2) is 8.49. The number of hydrogen-bond donors (Lipinski definition) is 1. The summed E-state index contributed by atoms with van der Waals surface area (Å²) < 4.78 is 6.22. The van der Waals surface area contributed by atoms with Crippen LogP contribution in [0.2, 0.25) is 0 Å². The Morgan fingerprint density at radius 1 is 1.28 bits per heavy atom. The van der Waals surface area contributed by atoms with Gasteiger partial charge >= 0.3 is 0 Å². The fourth-order valence-electron chi connectivity index (χ4n) is 4.30. The predicted molar refractivity (Wildman–Crippen MR) is 112 cm³/mol. The Kier molecular flexibility index (Phi) is 5.81. The van der Waals surface area contributed by atoms with E-state index >= 15 is 0 Å². The van der Waals surface area contributed by atoms with Gasteiger partial charge in [0, 0.05) is 43.7 Å². The van der Waals surface area contributed by atoms with Crippen LogP contribution in [0.5, 0.6) is 5.75 Å². The molecule has 6 nitrogen and oxygen atoms in total. The maximum absolute atomic E-state index is 12.1. The number of benzene rings is 1. The summed E-state index contributed by atoms with van der Waals surface area (Å²) >= 11 is 0. The van der Waals surface area contributed by atoms with E-state index in [9.17, 15) is 4.79 Å². The van der Waals surface area contributed by atoms with Crippen LogP contribution in [0.25, 0.3) is 0 Å². The minimum Gasteiger partial charge on any atom is -0.487 e.